The summed E-state index contributed by atoms with van der Waals surface area (Å²) in [6, 6.07) is 59.5. The lowest BCUT2D eigenvalue weighted by atomic mass is 9.77. The molecule has 0 radical (unpaired) electrons. The van der Waals surface area contributed by atoms with Crippen LogP contribution in [0.2, 0.25) is 0 Å². The topological polar surface area (TPSA) is 49.3 Å². The zero-order valence-electron chi connectivity index (χ0n) is 72.5. The number of thiocarbonyl (C=S) groups is 1. The first-order valence-corrected chi connectivity index (χ1v) is 43.9. The second kappa shape index (κ2) is 53.4. The number of isothiocyanates is 1. The van der Waals surface area contributed by atoms with Crippen molar-refractivity contribution < 1.29 is 54.1 Å². The summed E-state index contributed by atoms with van der Waals surface area (Å²) in [7, 11) is 0. The van der Waals surface area contributed by atoms with Crippen LogP contribution >= 0.6 is 12.2 Å². The van der Waals surface area contributed by atoms with Crippen LogP contribution in [0.3, 0.4) is 0 Å². The quantitative estimate of drug-likeness (QED) is 0.0198. The smallest absolute Gasteiger partial charge is 0.201 e. The van der Waals surface area contributed by atoms with Gasteiger partial charge in [0.25, 0.3) is 0 Å². The number of unbranched alkanes of at least 4 members (excludes halogenated alkanes) is 4. The lowest BCUT2D eigenvalue weighted by molar-refractivity contribution is 0.303. The van der Waals surface area contributed by atoms with Gasteiger partial charge < -0.3 is 18.9 Å². The molecule has 0 saturated heterocycles. The number of halogens is 8. The number of aliphatic imine (C=N–C) groups is 1. The van der Waals surface area contributed by atoms with Gasteiger partial charge in [0.2, 0.25) is 23.3 Å². The van der Waals surface area contributed by atoms with Crippen molar-refractivity contribution in [2.24, 2.45) is 16.8 Å². The molecule has 10 aromatic carbocycles. The molecule has 123 heavy (non-hydrogen) atoms. The van der Waals surface area contributed by atoms with Gasteiger partial charge in [-0.25, -0.2) is 17.6 Å². The molecule has 2 aliphatic rings. The summed E-state index contributed by atoms with van der Waals surface area (Å²) < 4.78 is 132. The van der Waals surface area contributed by atoms with Crippen molar-refractivity contribution in [3.63, 3.8) is 0 Å². The fraction of sp³-hybridized carbons (Fsp3) is 0.349. The zero-order valence-corrected chi connectivity index (χ0v) is 73.3. The molecule has 0 unspecified atom stereocenters. The van der Waals surface area contributed by atoms with Crippen LogP contribution in [0.5, 0.6) is 23.0 Å². The van der Waals surface area contributed by atoms with Crippen LogP contribution in [0.15, 0.2) is 199 Å². The Kier molecular flexibility index (Phi) is 42.0. The third-order valence-corrected chi connectivity index (χ3v) is 21.5. The van der Waals surface area contributed by atoms with E-state index in [0.29, 0.717) is 11.8 Å². The highest BCUT2D eigenvalue weighted by molar-refractivity contribution is 7.78. The van der Waals surface area contributed by atoms with E-state index in [2.05, 4.69) is 165 Å². The Labute approximate surface area is 731 Å². The van der Waals surface area contributed by atoms with Gasteiger partial charge in [-0.3, -0.25) is 0 Å². The van der Waals surface area contributed by atoms with Gasteiger partial charge in [-0.15, -0.1) is 0 Å². The van der Waals surface area contributed by atoms with Gasteiger partial charge in [0.1, 0.15) is 0 Å². The van der Waals surface area contributed by atoms with Crippen LogP contribution < -0.4 is 18.9 Å². The molecule has 5 nitrogen and oxygen atoms in total. The normalized spacial score (nSPS) is 14.0. The van der Waals surface area contributed by atoms with Crippen LogP contribution in [0.1, 0.15) is 273 Å². The highest BCUT2D eigenvalue weighted by Gasteiger charge is 2.24. The van der Waals surface area contributed by atoms with Crippen molar-refractivity contribution in [3.05, 3.63) is 324 Å². The van der Waals surface area contributed by atoms with Crippen molar-refractivity contribution in [1.29, 1.82) is 0 Å². The summed E-state index contributed by atoms with van der Waals surface area (Å²) in [6.45, 7) is 19.0. The molecule has 14 heteroatoms. The van der Waals surface area contributed by atoms with Crippen LogP contribution in [0.4, 0.5) is 40.8 Å². The zero-order chi connectivity index (χ0) is 88.1. The second-order valence-electron chi connectivity index (χ2n) is 30.3. The monoisotopic (exact) mass is 1680 g/mol. The van der Waals surface area contributed by atoms with Gasteiger partial charge in [-0.2, -0.15) is 22.6 Å². The third-order valence-electron chi connectivity index (χ3n) is 21.4. The standard InChI is InChI=1S/C27H32F2O.C25H28F2O.C21H22F2O.C19H18F2O.C17H13NS/c1-3-5-6-7-20-8-13-22(14-9-20)23-15-10-21(11-16-23)12-17-24-18-19-25(30-4-2)27(29)26(24)28;1-3-5-18-6-11-20(12-7-18)21-13-8-19(9-14-21)10-15-22-16-17-23(28-4-2)25(27)24(22)26;1-3-5-6-7-16-8-10-17(11-9-16)12-13-18-14-15-19(24-4-2)21(23)20(18)22;1-3-5-14-6-8-15(9-7-14)10-11-16-12-13-17(22-4-2)19(21)18(16)20;1-2-14-3-5-15(6-4-14)7-8-16-9-11-17(12-10-16)18-13-19/h10-11,15-16,18-20,22H,3-9,13-14H2,1-2H3;8-9,13-14,16-18,20H,3-7,11-12H2,1-2H3;8-11,14-15H,3-7H2,1-2H3;6-9,12-13H,3-5H2,1-2H3;3-6,9-12H,2H2,1H3. The third kappa shape index (κ3) is 31.7. The van der Waals surface area contributed by atoms with E-state index in [4.69, 9.17) is 18.9 Å². The maximum absolute atomic E-state index is 14.2. The van der Waals surface area contributed by atoms with Crippen LogP contribution in [0.25, 0.3) is 0 Å². The molecule has 0 bridgehead atoms. The molecule has 10 aromatic rings. The van der Waals surface area contributed by atoms with Crippen molar-refractivity contribution in [1.82, 2.24) is 0 Å². The summed E-state index contributed by atoms with van der Waals surface area (Å²) in [5.41, 5.74) is 12.7. The minimum atomic E-state index is -0.994. The lowest BCUT2D eigenvalue weighted by Gasteiger charge is -2.29. The molecule has 0 heterocycles. The number of aryl methyl sites for hydroxylation is 3. The average molecular weight is 1690 g/mol. The summed E-state index contributed by atoms with van der Waals surface area (Å²) in [5.74, 6) is 23.7. The summed E-state index contributed by atoms with van der Waals surface area (Å²) in [4.78, 5) is 3.90. The fourth-order valence-electron chi connectivity index (χ4n) is 14.5. The summed E-state index contributed by atoms with van der Waals surface area (Å²) in [6.07, 6.45) is 26.2. The molecular formula is C109H113F8NO4S. The van der Waals surface area contributed by atoms with Crippen LogP contribution in [-0.2, 0) is 19.3 Å². The van der Waals surface area contributed by atoms with E-state index < -0.39 is 46.5 Å². The largest absolute Gasteiger partial charge is 0.491 e. The first-order valence-electron chi connectivity index (χ1n) is 43.5. The Balaban J connectivity index is 0.000000192. The minimum Gasteiger partial charge on any atom is -0.491 e. The van der Waals surface area contributed by atoms with Gasteiger partial charge in [0, 0.05) is 33.4 Å². The molecule has 0 amide bonds. The molecule has 2 saturated carbocycles. The molecule has 640 valence electrons. The Morgan fingerprint density at radius 3 is 0.878 bits per heavy atom. The Morgan fingerprint density at radius 1 is 0.285 bits per heavy atom. The molecule has 0 atom stereocenters. The first-order chi connectivity index (χ1) is 59.9. The van der Waals surface area contributed by atoms with Crippen LogP contribution in [-0.4, -0.2) is 31.6 Å². The van der Waals surface area contributed by atoms with E-state index in [1.807, 2.05) is 97.1 Å². The maximum Gasteiger partial charge on any atom is 0.201 e. The van der Waals surface area contributed by atoms with Crippen LogP contribution in [0, 0.1) is 118 Å². The summed E-state index contributed by atoms with van der Waals surface area (Å²) >= 11 is 4.56. The highest BCUT2D eigenvalue weighted by Crippen LogP contribution is 2.40. The number of benzene rings is 10. The Hall–Kier alpha value is -11.6. The predicted octanol–water partition coefficient (Wildman–Crippen LogP) is 29.0. The molecule has 0 aromatic heterocycles. The molecule has 12 rings (SSSR count). The summed E-state index contributed by atoms with van der Waals surface area (Å²) in [5, 5.41) is 2.34. The molecule has 0 spiro atoms. The van der Waals surface area contributed by atoms with Crippen molar-refractivity contribution in [3.8, 4) is 82.2 Å². The van der Waals surface area contributed by atoms with E-state index in [1.54, 1.807) is 27.7 Å². The van der Waals surface area contributed by atoms with E-state index in [1.165, 1.54) is 186 Å². The van der Waals surface area contributed by atoms with Crippen molar-refractivity contribution in [2.75, 3.05) is 26.4 Å². The van der Waals surface area contributed by atoms with E-state index in [9.17, 15) is 35.1 Å². The Bertz CT molecular complexity index is 5340. The average Bonchev–Trinajstić information content (AvgIpc) is 0.843. The fourth-order valence-corrected chi connectivity index (χ4v) is 14.6. The predicted molar refractivity (Wildman–Crippen MR) is 488 cm³/mol. The van der Waals surface area contributed by atoms with Crippen molar-refractivity contribution in [2.45, 2.75) is 209 Å². The number of hydrogen-bond donors (Lipinski definition) is 0. The van der Waals surface area contributed by atoms with Gasteiger partial charge in [0.15, 0.2) is 46.3 Å². The molecule has 2 fully saturated rings. The van der Waals surface area contributed by atoms with Gasteiger partial charge in [-0.05, 0) is 302 Å². The number of hydrogen-bond acceptors (Lipinski definition) is 6. The number of rotatable bonds is 24. The number of ether oxygens (including phenoxy) is 4. The minimum absolute atomic E-state index is 0.0265. The Morgan fingerprint density at radius 2 is 0.577 bits per heavy atom. The van der Waals surface area contributed by atoms with E-state index >= 15 is 0 Å². The molecule has 0 aliphatic heterocycles. The number of nitrogens with zero attached hydrogens (tertiary/aromatic N) is 1. The van der Waals surface area contributed by atoms with E-state index in [0.717, 1.165) is 76.6 Å². The molecular weight excluding hydrogens is 1570 g/mol. The molecule has 0 N–H and O–H groups in total. The molecule has 2 aliphatic carbocycles. The van der Waals surface area contributed by atoms with Gasteiger partial charge >= 0.3 is 0 Å². The SMILES string of the molecule is CCCC1CCC(c2ccc(C#Cc3ccc(OCC)c(F)c3F)cc2)CC1.CCCCCC1CCC(c2ccc(C#Cc3ccc(OCC)c(F)c3F)cc2)CC1.CCCCCc1ccc(C#Cc2ccc(OCC)c(F)c2F)cc1.CCCc1ccc(C#Cc2ccc(OCC)c(F)c2F)cc1.CCc1ccc(C#Cc2ccc(N=C=S)cc2)cc1. The van der Waals surface area contributed by atoms with Gasteiger partial charge in [0.05, 0.1) is 59.5 Å². The van der Waals surface area contributed by atoms with E-state index in [-0.39, 0.29) is 71.7 Å². The lowest BCUT2D eigenvalue weighted by Crippen LogP contribution is -2.13. The highest BCUT2D eigenvalue weighted by atomic mass is 32.1. The maximum atomic E-state index is 14.2. The second-order valence-corrected chi connectivity index (χ2v) is 30.5. The first kappa shape index (κ1) is 96.9. The van der Waals surface area contributed by atoms with Gasteiger partial charge in [-0.1, -0.05) is 212 Å². The van der Waals surface area contributed by atoms with Crippen molar-refractivity contribution >= 4 is 23.1 Å².